The molecule has 0 aromatic carbocycles. The number of allylic oxidation sites excluding steroid dienone is 12. The van der Waals surface area contributed by atoms with Gasteiger partial charge in [-0.3, -0.25) is 9.59 Å². The molecule has 0 saturated heterocycles. The van der Waals surface area contributed by atoms with E-state index in [1.54, 1.807) is 0 Å². The fourth-order valence-corrected chi connectivity index (χ4v) is 7.66. The van der Waals surface area contributed by atoms with Crippen LogP contribution in [0.5, 0.6) is 0 Å². The second-order valence-electron chi connectivity index (χ2n) is 19.9. The molecule has 69 heavy (non-hydrogen) atoms. The first-order valence-electron chi connectivity index (χ1n) is 28.1. The number of carboxylic acid groups (broad SMARTS) is 1. The van der Waals surface area contributed by atoms with E-state index in [1.165, 1.54) is 128 Å². The van der Waals surface area contributed by atoms with Crippen LogP contribution < -0.4 is 0 Å². The molecule has 398 valence electrons. The molecular weight excluding hydrogens is 863 g/mol. The molecule has 9 heteroatoms. The van der Waals surface area contributed by atoms with Gasteiger partial charge in [0, 0.05) is 12.8 Å². The number of ether oxygens (including phenoxy) is 4. The van der Waals surface area contributed by atoms with Gasteiger partial charge in [0.25, 0.3) is 6.29 Å². The largest absolute Gasteiger partial charge is 0.477 e. The molecule has 0 fully saturated rings. The van der Waals surface area contributed by atoms with Gasteiger partial charge >= 0.3 is 17.9 Å². The van der Waals surface area contributed by atoms with Crippen molar-refractivity contribution in [3.05, 3.63) is 72.9 Å². The molecule has 0 amide bonds. The summed E-state index contributed by atoms with van der Waals surface area (Å²) in [7, 11) is 5.95. The van der Waals surface area contributed by atoms with Crippen molar-refractivity contribution >= 4 is 17.9 Å². The molecule has 0 saturated carbocycles. The zero-order chi connectivity index (χ0) is 50.6. The molecule has 0 aliphatic heterocycles. The number of nitrogens with zero attached hydrogens (tertiary/aromatic N) is 1. The van der Waals surface area contributed by atoms with Crippen LogP contribution in [0.1, 0.15) is 232 Å². The Morgan fingerprint density at radius 3 is 1.23 bits per heavy atom. The van der Waals surface area contributed by atoms with E-state index in [4.69, 9.17) is 18.9 Å². The van der Waals surface area contributed by atoms with E-state index in [1.807, 2.05) is 21.1 Å². The third kappa shape index (κ3) is 52.4. The number of rotatable bonds is 51. The van der Waals surface area contributed by atoms with Gasteiger partial charge in [0.15, 0.2) is 6.10 Å². The lowest BCUT2D eigenvalue weighted by Crippen LogP contribution is -2.40. The van der Waals surface area contributed by atoms with Gasteiger partial charge in [-0.25, -0.2) is 4.79 Å². The third-order valence-electron chi connectivity index (χ3n) is 12.0. The first-order valence-corrected chi connectivity index (χ1v) is 28.1. The van der Waals surface area contributed by atoms with E-state index in [9.17, 15) is 19.5 Å². The number of quaternary nitrogens is 1. The van der Waals surface area contributed by atoms with Crippen molar-refractivity contribution in [2.75, 3.05) is 47.5 Å². The highest BCUT2D eigenvalue weighted by atomic mass is 16.7. The molecule has 0 aromatic heterocycles. The Hall–Kier alpha value is -3.27. The van der Waals surface area contributed by atoms with Crippen LogP contribution in [0.2, 0.25) is 0 Å². The number of hydrogen-bond acceptors (Lipinski definition) is 7. The van der Waals surface area contributed by atoms with E-state index in [-0.39, 0.29) is 32.2 Å². The Morgan fingerprint density at radius 2 is 0.826 bits per heavy atom. The second kappa shape index (κ2) is 51.1. The molecule has 0 aliphatic carbocycles. The van der Waals surface area contributed by atoms with Gasteiger partial charge < -0.3 is 28.5 Å². The zero-order valence-corrected chi connectivity index (χ0v) is 45.2. The Morgan fingerprint density at radius 1 is 0.449 bits per heavy atom. The number of aliphatic carboxylic acids is 1. The van der Waals surface area contributed by atoms with Crippen LogP contribution in [0.25, 0.3) is 0 Å². The van der Waals surface area contributed by atoms with Crippen LogP contribution in [-0.2, 0) is 33.3 Å². The van der Waals surface area contributed by atoms with Gasteiger partial charge in [-0.05, 0) is 64.2 Å². The first-order chi connectivity index (χ1) is 33.6. The quantitative estimate of drug-likeness (QED) is 0.0211. The summed E-state index contributed by atoms with van der Waals surface area (Å²) in [5.74, 6) is -2.06. The summed E-state index contributed by atoms with van der Waals surface area (Å²) in [5.41, 5.74) is 0. The van der Waals surface area contributed by atoms with E-state index in [2.05, 4.69) is 86.8 Å². The van der Waals surface area contributed by atoms with Crippen LogP contribution in [0, 0.1) is 0 Å². The number of likely N-dealkylation sites (N-methyl/N-ethyl adjacent to an activating group) is 1. The Labute approximate surface area is 424 Å². The van der Waals surface area contributed by atoms with Crippen LogP contribution >= 0.6 is 0 Å². The van der Waals surface area contributed by atoms with Crippen molar-refractivity contribution in [3.8, 4) is 0 Å². The van der Waals surface area contributed by atoms with Gasteiger partial charge in [0.2, 0.25) is 0 Å². The summed E-state index contributed by atoms with van der Waals surface area (Å²) < 4.78 is 22.8. The van der Waals surface area contributed by atoms with Gasteiger partial charge in [-0.2, -0.15) is 0 Å². The maximum atomic E-state index is 12.8. The van der Waals surface area contributed by atoms with Crippen molar-refractivity contribution in [1.29, 1.82) is 0 Å². The summed E-state index contributed by atoms with van der Waals surface area (Å²) in [6.45, 7) is 4.73. The van der Waals surface area contributed by atoms with Gasteiger partial charge in [0.1, 0.15) is 13.2 Å². The smallest absolute Gasteiger partial charge is 0.361 e. The zero-order valence-electron chi connectivity index (χ0n) is 45.2. The van der Waals surface area contributed by atoms with Crippen molar-refractivity contribution in [3.63, 3.8) is 0 Å². The standard InChI is InChI=1S/C60H105NO8/c1-6-8-10-12-14-16-18-20-22-24-26-28-29-31-32-34-36-38-40-42-44-46-48-50-57(62)67-54-56(55-68-60(59(64)65)66-53-52-61(3,4)5)69-58(63)51-49-47-45-43-41-39-37-35-33-30-27-25-23-21-19-17-15-13-11-9-7-2/h9,11,15,17,21,23,27,30,35,37,41,43,56,60H,6-8,10,12-14,16,18-20,22,24-26,28-29,31-34,36,38-40,42,44-55H2,1-5H3/p+1/b11-9-,17-15-,23-21-,30-27-,37-35-,43-41-. The maximum Gasteiger partial charge on any atom is 0.361 e. The number of carbonyl (C=O) groups excluding carboxylic acids is 2. The van der Waals surface area contributed by atoms with E-state index >= 15 is 0 Å². The minimum atomic E-state index is -1.52. The van der Waals surface area contributed by atoms with Crippen LogP contribution in [0.4, 0.5) is 0 Å². The number of esters is 2. The van der Waals surface area contributed by atoms with Crippen molar-refractivity contribution in [2.45, 2.75) is 245 Å². The number of hydrogen-bond donors (Lipinski definition) is 1. The molecule has 2 unspecified atom stereocenters. The highest BCUT2D eigenvalue weighted by molar-refractivity contribution is 5.71. The normalized spacial score (nSPS) is 13.3. The summed E-state index contributed by atoms with van der Waals surface area (Å²) in [6.07, 6.45) is 62.7. The average Bonchev–Trinajstić information content (AvgIpc) is 3.31. The van der Waals surface area contributed by atoms with Crippen molar-refractivity contribution in [2.24, 2.45) is 0 Å². The molecule has 1 N–H and O–H groups in total. The summed E-state index contributed by atoms with van der Waals surface area (Å²) in [6, 6.07) is 0. The molecule has 0 spiro atoms. The van der Waals surface area contributed by atoms with Crippen molar-refractivity contribution < 1.29 is 42.9 Å². The van der Waals surface area contributed by atoms with E-state index in [0.29, 0.717) is 23.9 Å². The molecule has 0 rings (SSSR count). The van der Waals surface area contributed by atoms with Gasteiger partial charge in [0.05, 0.1) is 34.4 Å². The van der Waals surface area contributed by atoms with E-state index < -0.39 is 24.3 Å². The minimum Gasteiger partial charge on any atom is -0.477 e. The highest BCUT2D eigenvalue weighted by Crippen LogP contribution is 2.16. The number of carbonyl (C=O) groups is 3. The molecule has 0 aliphatic rings. The number of carboxylic acids is 1. The average molecular weight is 970 g/mol. The topological polar surface area (TPSA) is 108 Å². The Kier molecular flexibility index (Phi) is 48.7. The maximum absolute atomic E-state index is 12.8. The second-order valence-corrected chi connectivity index (χ2v) is 19.9. The molecule has 0 heterocycles. The van der Waals surface area contributed by atoms with E-state index in [0.717, 1.165) is 70.6 Å². The molecule has 2 atom stereocenters. The monoisotopic (exact) mass is 969 g/mol. The predicted molar refractivity (Wildman–Crippen MR) is 290 cm³/mol. The minimum absolute atomic E-state index is 0.177. The fraction of sp³-hybridized carbons (Fsp3) is 0.750. The number of unbranched alkanes of at least 4 members (excludes halogenated alkanes) is 24. The SMILES string of the molecule is CC/C=C\C/C=C\C/C=C\C/C=C\C/C=C\C/C=C\CCCCC(=O)OC(COC(=O)CCCCCCCCCCCCCCCCCCCCCCCCC)COC(OCC[N+](C)(C)C)C(=O)O. The molecule has 9 nitrogen and oxygen atoms in total. The van der Waals surface area contributed by atoms with Gasteiger partial charge in [-0.1, -0.05) is 228 Å². The van der Waals surface area contributed by atoms with Crippen LogP contribution in [0.15, 0.2) is 72.9 Å². The first kappa shape index (κ1) is 65.7. The van der Waals surface area contributed by atoms with Crippen LogP contribution in [0.3, 0.4) is 0 Å². The lowest BCUT2D eigenvalue weighted by Gasteiger charge is -2.25. The third-order valence-corrected chi connectivity index (χ3v) is 12.0. The Bertz CT molecular complexity index is 1360. The summed E-state index contributed by atoms with van der Waals surface area (Å²) >= 11 is 0. The molecule has 0 radical (unpaired) electrons. The van der Waals surface area contributed by atoms with Crippen LogP contribution in [-0.4, -0.2) is 87.4 Å². The van der Waals surface area contributed by atoms with Gasteiger partial charge in [-0.15, -0.1) is 0 Å². The molecule has 0 aromatic rings. The van der Waals surface area contributed by atoms with Crippen molar-refractivity contribution in [1.82, 2.24) is 0 Å². The predicted octanol–water partition coefficient (Wildman–Crippen LogP) is 16.2. The Balaban J connectivity index is 4.33. The summed E-state index contributed by atoms with van der Waals surface area (Å²) in [5, 5.41) is 9.69. The molecular formula is C60H106NO8+. The lowest BCUT2D eigenvalue weighted by molar-refractivity contribution is -0.870. The summed E-state index contributed by atoms with van der Waals surface area (Å²) in [4.78, 5) is 37.4. The molecule has 0 bridgehead atoms. The highest BCUT2D eigenvalue weighted by Gasteiger charge is 2.25. The lowest BCUT2D eigenvalue weighted by atomic mass is 10.0. The fourth-order valence-electron chi connectivity index (χ4n) is 7.66.